The Morgan fingerprint density at radius 3 is 2.47 bits per heavy atom. The maximum absolute atomic E-state index is 12.3. The first kappa shape index (κ1) is 23.3. The van der Waals surface area contributed by atoms with Crippen LogP contribution in [-0.2, 0) is 9.59 Å². The second kappa shape index (κ2) is 10.8. The molecule has 10 nitrogen and oxygen atoms in total. The molecule has 0 saturated heterocycles. The molecule has 0 aliphatic carbocycles. The molecule has 3 aromatic rings. The van der Waals surface area contributed by atoms with E-state index in [1.54, 1.807) is 24.3 Å². The highest BCUT2D eigenvalue weighted by molar-refractivity contribution is 9.10. The van der Waals surface area contributed by atoms with Gasteiger partial charge in [0.1, 0.15) is 0 Å². The van der Waals surface area contributed by atoms with Gasteiger partial charge >= 0.3 is 0 Å². The van der Waals surface area contributed by atoms with Gasteiger partial charge in [0.2, 0.25) is 17.0 Å². The quantitative estimate of drug-likeness (QED) is 0.156. The number of nitrogens with two attached hydrogens (primary N) is 1. The van der Waals surface area contributed by atoms with E-state index in [-0.39, 0.29) is 23.5 Å². The Kier molecular flexibility index (Phi) is 7.84. The second-order valence-corrected chi connectivity index (χ2v) is 8.45. The molecule has 2 aromatic carbocycles. The van der Waals surface area contributed by atoms with Crippen LogP contribution in [0.5, 0.6) is 0 Å². The topological polar surface area (TPSA) is 139 Å². The van der Waals surface area contributed by atoms with Crippen molar-refractivity contribution in [2.24, 2.45) is 5.10 Å². The molecule has 0 aliphatic rings. The van der Waals surface area contributed by atoms with Crippen LogP contribution in [0.3, 0.4) is 0 Å². The van der Waals surface area contributed by atoms with Crippen LogP contribution in [0, 0.1) is 0 Å². The molecular weight excluding hydrogens is 496 g/mol. The summed E-state index contributed by atoms with van der Waals surface area (Å²) in [5.41, 5.74) is 5.64. The summed E-state index contributed by atoms with van der Waals surface area (Å²) in [5, 5.41) is 18.0. The van der Waals surface area contributed by atoms with E-state index in [4.69, 9.17) is 5.84 Å². The van der Waals surface area contributed by atoms with Gasteiger partial charge in [0, 0.05) is 22.8 Å². The van der Waals surface area contributed by atoms with Crippen LogP contribution < -0.4 is 21.9 Å². The monoisotopic (exact) mass is 516 g/mol. The van der Waals surface area contributed by atoms with Gasteiger partial charge < -0.3 is 16.5 Å². The van der Waals surface area contributed by atoms with Gasteiger partial charge in [-0.15, -0.1) is 10.2 Å². The van der Waals surface area contributed by atoms with Gasteiger partial charge in [0.15, 0.2) is 0 Å². The van der Waals surface area contributed by atoms with E-state index in [9.17, 15) is 9.59 Å². The third kappa shape index (κ3) is 6.56. The summed E-state index contributed by atoms with van der Waals surface area (Å²) >= 11 is 4.53. The first-order valence-corrected chi connectivity index (χ1v) is 11.2. The molecule has 0 fully saturated rings. The highest BCUT2D eigenvalue weighted by Gasteiger charge is 2.12. The number of hydrogen-bond acceptors (Lipinski definition) is 8. The number of hydrazone groups is 1. The first-order chi connectivity index (χ1) is 15.3. The van der Waals surface area contributed by atoms with Gasteiger partial charge in [-0.25, -0.2) is 10.1 Å². The standard InChI is InChI=1S/C20H21BrN8O2S/c1-12(14-6-8-15(21)9-7-14)25-26-19-27-28-20(29(19)22)32-11-18(31)24-17-5-3-4-16(10-17)23-13(2)30/h3-10H,11,22H2,1-2H3,(H,23,30)(H,24,31)(H,26,27)/b25-12+. The number of hydrogen-bond donors (Lipinski definition) is 4. The van der Waals surface area contributed by atoms with Crippen molar-refractivity contribution in [3.63, 3.8) is 0 Å². The van der Waals surface area contributed by atoms with Crippen LogP contribution in [0.15, 0.2) is 63.3 Å². The number of amides is 2. The summed E-state index contributed by atoms with van der Waals surface area (Å²) in [7, 11) is 0. The van der Waals surface area contributed by atoms with Crippen molar-refractivity contribution in [1.82, 2.24) is 14.9 Å². The van der Waals surface area contributed by atoms with E-state index in [1.807, 2.05) is 31.2 Å². The predicted octanol–water partition coefficient (Wildman–Crippen LogP) is 3.28. The number of benzene rings is 2. The van der Waals surface area contributed by atoms with E-state index in [2.05, 4.69) is 47.3 Å². The SMILES string of the molecule is CC(=O)Nc1cccc(NC(=O)CSc2nnc(N/N=C(\C)c3ccc(Br)cc3)n2N)c1. The molecule has 0 atom stereocenters. The number of nitrogens with one attached hydrogen (secondary N) is 3. The summed E-state index contributed by atoms with van der Waals surface area (Å²) < 4.78 is 2.21. The number of carbonyl (C=O) groups is 2. The largest absolute Gasteiger partial charge is 0.334 e. The molecule has 1 aromatic heterocycles. The van der Waals surface area contributed by atoms with Crippen molar-refractivity contribution < 1.29 is 9.59 Å². The molecule has 0 radical (unpaired) electrons. The second-order valence-electron chi connectivity index (χ2n) is 6.59. The van der Waals surface area contributed by atoms with Crippen molar-refractivity contribution in [3.05, 3.63) is 58.6 Å². The Labute approximate surface area is 197 Å². The number of carbonyl (C=O) groups excluding carboxylic acids is 2. The number of rotatable bonds is 8. The lowest BCUT2D eigenvalue weighted by Gasteiger charge is -2.08. The Bertz CT molecular complexity index is 1150. The van der Waals surface area contributed by atoms with E-state index >= 15 is 0 Å². The van der Waals surface area contributed by atoms with Gasteiger partial charge in [-0.2, -0.15) is 5.10 Å². The molecule has 3 rings (SSSR count). The van der Waals surface area contributed by atoms with Crippen molar-refractivity contribution in [2.45, 2.75) is 19.0 Å². The fraction of sp³-hybridized carbons (Fsp3) is 0.150. The van der Waals surface area contributed by atoms with Crippen LogP contribution in [-0.4, -0.2) is 38.2 Å². The molecule has 0 aliphatic heterocycles. The zero-order valence-corrected chi connectivity index (χ0v) is 19.7. The number of thioether (sulfide) groups is 1. The molecule has 0 bridgehead atoms. The van der Waals surface area contributed by atoms with Crippen molar-refractivity contribution in [3.8, 4) is 0 Å². The number of nitrogens with zero attached hydrogens (tertiary/aromatic N) is 4. The average molecular weight is 517 g/mol. The summed E-state index contributed by atoms with van der Waals surface area (Å²) in [6, 6.07) is 14.6. The van der Waals surface area contributed by atoms with Crippen LogP contribution in [0.2, 0.25) is 0 Å². The number of aromatic nitrogens is 3. The zero-order chi connectivity index (χ0) is 23.1. The van der Waals surface area contributed by atoms with E-state index in [0.29, 0.717) is 16.5 Å². The van der Waals surface area contributed by atoms with Gasteiger partial charge in [0.25, 0.3) is 5.95 Å². The molecule has 12 heteroatoms. The average Bonchev–Trinajstić information content (AvgIpc) is 3.10. The lowest BCUT2D eigenvalue weighted by atomic mass is 10.1. The highest BCUT2D eigenvalue weighted by Crippen LogP contribution is 2.19. The number of anilines is 3. The molecule has 32 heavy (non-hydrogen) atoms. The minimum atomic E-state index is -0.253. The van der Waals surface area contributed by atoms with E-state index < -0.39 is 0 Å². The van der Waals surface area contributed by atoms with Crippen molar-refractivity contribution >= 4 is 62.5 Å². The van der Waals surface area contributed by atoms with Crippen molar-refractivity contribution in [1.29, 1.82) is 0 Å². The molecule has 2 amide bonds. The van der Waals surface area contributed by atoms with Crippen LogP contribution in [0.25, 0.3) is 0 Å². The predicted molar refractivity (Wildman–Crippen MR) is 130 cm³/mol. The Hall–Kier alpha value is -3.38. The minimum Gasteiger partial charge on any atom is -0.334 e. The normalized spacial score (nSPS) is 11.2. The molecule has 0 unspecified atom stereocenters. The fourth-order valence-corrected chi connectivity index (χ4v) is 3.47. The first-order valence-electron chi connectivity index (χ1n) is 9.39. The summed E-state index contributed by atoms with van der Waals surface area (Å²) in [6.07, 6.45) is 0. The van der Waals surface area contributed by atoms with Crippen molar-refractivity contribution in [2.75, 3.05) is 27.7 Å². The van der Waals surface area contributed by atoms with Crippen LogP contribution in [0.1, 0.15) is 19.4 Å². The van der Waals surface area contributed by atoms with E-state index in [1.165, 1.54) is 11.6 Å². The molecule has 5 N–H and O–H groups in total. The summed E-state index contributed by atoms with van der Waals surface area (Å²) in [5.74, 6) is 5.89. The lowest BCUT2D eigenvalue weighted by Crippen LogP contribution is -2.17. The maximum atomic E-state index is 12.3. The number of nitrogen functional groups attached to an aromatic ring is 1. The van der Waals surface area contributed by atoms with E-state index in [0.717, 1.165) is 27.5 Å². The van der Waals surface area contributed by atoms with Gasteiger partial charge in [-0.1, -0.05) is 45.9 Å². The minimum absolute atomic E-state index is 0.0703. The van der Waals surface area contributed by atoms with Crippen LogP contribution >= 0.6 is 27.7 Å². The molecule has 166 valence electrons. The zero-order valence-electron chi connectivity index (χ0n) is 17.3. The van der Waals surface area contributed by atoms with Gasteiger partial charge in [-0.05, 0) is 42.8 Å². The molecule has 1 heterocycles. The summed E-state index contributed by atoms with van der Waals surface area (Å²) in [4.78, 5) is 23.4. The van der Waals surface area contributed by atoms with Gasteiger partial charge in [-0.3, -0.25) is 9.59 Å². The molecule has 0 spiro atoms. The Morgan fingerprint density at radius 2 is 1.78 bits per heavy atom. The third-order valence-electron chi connectivity index (χ3n) is 4.05. The maximum Gasteiger partial charge on any atom is 0.264 e. The van der Waals surface area contributed by atoms with Crippen LogP contribution in [0.4, 0.5) is 17.3 Å². The Balaban J connectivity index is 1.55. The molecule has 0 saturated carbocycles. The smallest absolute Gasteiger partial charge is 0.264 e. The summed E-state index contributed by atoms with van der Waals surface area (Å²) in [6.45, 7) is 3.27. The third-order valence-corrected chi connectivity index (χ3v) is 5.52. The Morgan fingerprint density at radius 1 is 1.09 bits per heavy atom. The molecular formula is C20H21BrN8O2S. The highest BCUT2D eigenvalue weighted by atomic mass is 79.9. The lowest BCUT2D eigenvalue weighted by molar-refractivity contribution is -0.114. The van der Waals surface area contributed by atoms with Gasteiger partial charge in [0.05, 0.1) is 11.5 Å². The fourth-order valence-electron chi connectivity index (χ4n) is 2.55. The number of halogens is 1.